The standard InChI is InChI=1S/C30H27N3O6/c1-18-9-10-19-11-12-22(16-23(19)31-18)37-17-21-15-24(27-26(21)38-30(2,3)39-27)32-14-13-25(34)33(29(32)36)28(35)20-7-5-4-6-8-20/h4-16,24,26-27H,17H2,1-3H3/t24-,26-,27+/m1/s1. The number of hydrogen-bond acceptors (Lipinski definition) is 7. The lowest BCUT2D eigenvalue weighted by Crippen LogP contribution is -2.45. The van der Waals surface area contributed by atoms with Gasteiger partial charge in [0.05, 0.1) is 11.6 Å². The van der Waals surface area contributed by atoms with Crippen LogP contribution in [0.15, 0.2) is 94.2 Å². The van der Waals surface area contributed by atoms with Crippen LogP contribution in [0.1, 0.15) is 35.9 Å². The third-order valence-electron chi connectivity index (χ3n) is 6.98. The molecule has 2 aromatic heterocycles. The van der Waals surface area contributed by atoms with Crippen molar-refractivity contribution in [3.8, 4) is 5.75 Å². The highest BCUT2D eigenvalue weighted by atomic mass is 16.8. The maximum Gasteiger partial charge on any atom is 0.338 e. The molecule has 0 saturated carbocycles. The van der Waals surface area contributed by atoms with E-state index >= 15 is 0 Å². The van der Waals surface area contributed by atoms with Gasteiger partial charge in [0, 0.05) is 35.0 Å². The maximum atomic E-state index is 13.5. The second-order valence-corrected chi connectivity index (χ2v) is 10.2. The third-order valence-corrected chi connectivity index (χ3v) is 6.98. The third kappa shape index (κ3) is 4.60. The lowest BCUT2D eigenvalue weighted by molar-refractivity contribution is -0.148. The van der Waals surface area contributed by atoms with E-state index in [9.17, 15) is 14.4 Å². The molecule has 0 radical (unpaired) electrons. The highest BCUT2D eigenvalue weighted by molar-refractivity contribution is 5.95. The Hall–Kier alpha value is -4.34. The normalized spacial score (nSPS) is 21.5. The number of benzene rings is 2. The van der Waals surface area contributed by atoms with E-state index in [4.69, 9.17) is 14.2 Å². The summed E-state index contributed by atoms with van der Waals surface area (Å²) in [5.74, 6) is -0.931. The van der Waals surface area contributed by atoms with Crippen LogP contribution in [0.2, 0.25) is 0 Å². The largest absolute Gasteiger partial charge is 0.489 e. The monoisotopic (exact) mass is 525 g/mol. The molecule has 9 nitrogen and oxygen atoms in total. The fraction of sp³-hybridized carbons (Fsp3) is 0.267. The Labute approximate surface area is 223 Å². The zero-order valence-corrected chi connectivity index (χ0v) is 21.7. The molecular weight excluding hydrogens is 498 g/mol. The predicted molar refractivity (Wildman–Crippen MR) is 144 cm³/mol. The quantitative estimate of drug-likeness (QED) is 0.367. The smallest absolute Gasteiger partial charge is 0.338 e. The molecule has 2 aliphatic rings. The Morgan fingerprint density at radius 3 is 2.59 bits per heavy atom. The molecule has 3 heterocycles. The van der Waals surface area contributed by atoms with E-state index in [1.54, 1.807) is 44.2 Å². The van der Waals surface area contributed by atoms with Gasteiger partial charge in [-0.25, -0.2) is 4.79 Å². The van der Waals surface area contributed by atoms with Crippen LogP contribution in [0.4, 0.5) is 0 Å². The maximum absolute atomic E-state index is 13.5. The van der Waals surface area contributed by atoms with Crippen molar-refractivity contribution in [3.05, 3.63) is 117 Å². The van der Waals surface area contributed by atoms with Crippen LogP contribution >= 0.6 is 0 Å². The molecule has 1 fully saturated rings. The Morgan fingerprint density at radius 2 is 1.79 bits per heavy atom. The number of carbonyl (C=O) groups is 1. The molecule has 0 unspecified atom stereocenters. The molecule has 0 spiro atoms. The van der Waals surface area contributed by atoms with E-state index in [0.717, 1.165) is 22.2 Å². The minimum absolute atomic E-state index is 0.200. The molecule has 3 atom stereocenters. The highest BCUT2D eigenvalue weighted by Crippen LogP contribution is 2.43. The number of pyridine rings is 1. The Kier molecular flexibility index (Phi) is 6.05. The van der Waals surface area contributed by atoms with Crippen LogP contribution in [0.3, 0.4) is 0 Å². The minimum Gasteiger partial charge on any atom is -0.489 e. The van der Waals surface area contributed by atoms with Gasteiger partial charge < -0.3 is 14.2 Å². The summed E-state index contributed by atoms with van der Waals surface area (Å²) in [7, 11) is 0. The zero-order valence-electron chi connectivity index (χ0n) is 21.7. The summed E-state index contributed by atoms with van der Waals surface area (Å²) in [6.45, 7) is 5.75. The topological polar surface area (TPSA) is 102 Å². The first kappa shape index (κ1) is 25.0. The van der Waals surface area contributed by atoms with Gasteiger partial charge in [0.25, 0.3) is 11.5 Å². The molecule has 4 aromatic rings. The van der Waals surface area contributed by atoms with E-state index in [0.29, 0.717) is 10.3 Å². The highest BCUT2D eigenvalue weighted by Gasteiger charge is 2.51. The number of nitrogens with zero attached hydrogens (tertiary/aromatic N) is 3. The average molecular weight is 526 g/mol. The van der Waals surface area contributed by atoms with E-state index in [1.165, 1.54) is 16.8 Å². The van der Waals surface area contributed by atoms with Crippen LogP contribution in [-0.2, 0) is 9.47 Å². The van der Waals surface area contributed by atoms with Crippen LogP contribution in [0.5, 0.6) is 5.75 Å². The van der Waals surface area contributed by atoms with E-state index in [-0.39, 0.29) is 12.2 Å². The Bertz CT molecular complexity index is 1740. The summed E-state index contributed by atoms with van der Waals surface area (Å²) >= 11 is 0. The fourth-order valence-electron chi connectivity index (χ4n) is 5.17. The van der Waals surface area contributed by atoms with Crippen molar-refractivity contribution in [3.63, 3.8) is 0 Å². The van der Waals surface area contributed by atoms with Crippen molar-refractivity contribution < 1.29 is 19.0 Å². The summed E-state index contributed by atoms with van der Waals surface area (Å²) < 4.78 is 20.5. The van der Waals surface area contributed by atoms with Crippen LogP contribution in [-0.4, -0.2) is 44.6 Å². The Morgan fingerprint density at radius 1 is 1.03 bits per heavy atom. The fourth-order valence-corrected chi connectivity index (χ4v) is 5.17. The number of fused-ring (bicyclic) bond motifs is 2. The van der Waals surface area contributed by atoms with Gasteiger partial charge in [-0.05, 0) is 56.7 Å². The molecule has 2 aromatic carbocycles. The molecular formula is C30H27N3O6. The van der Waals surface area contributed by atoms with Crippen molar-refractivity contribution >= 4 is 16.8 Å². The number of rotatable bonds is 5. The minimum atomic E-state index is -0.893. The van der Waals surface area contributed by atoms with Gasteiger partial charge in [-0.3, -0.25) is 19.1 Å². The van der Waals surface area contributed by atoms with E-state index in [1.807, 2.05) is 43.3 Å². The van der Waals surface area contributed by atoms with Crippen LogP contribution in [0.25, 0.3) is 10.9 Å². The van der Waals surface area contributed by atoms with E-state index in [2.05, 4.69) is 4.98 Å². The SMILES string of the molecule is Cc1ccc2ccc(OCC3=C[C@@H](n4ccc(=O)n(C(=O)c5ccccc5)c4=O)[C@@H]4OC(C)(C)O[C@H]34)cc2n1. The predicted octanol–water partition coefficient (Wildman–Crippen LogP) is 3.64. The summed E-state index contributed by atoms with van der Waals surface area (Å²) in [6, 6.07) is 18.5. The number of carbonyl (C=O) groups excluding carboxylic acids is 1. The first-order valence-electron chi connectivity index (χ1n) is 12.7. The first-order valence-corrected chi connectivity index (χ1v) is 12.7. The van der Waals surface area contributed by atoms with Crippen molar-refractivity contribution in [2.75, 3.05) is 6.61 Å². The summed E-state index contributed by atoms with van der Waals surface area (Å²) in [4.78, 5) is 43.8. The van der Waals surface area contributed by atoms with Crippen molar-refractivity contribution in [1.82, 2.24) is 14.1 Å². The lowest BCUT2D eigenvalue weighted by Gasteiger charge is -2.22. The average Bonchev–Trinajstić information content (AvgIpc) is 3.40. The Balaban J connectivity index is 1.33. The second-order valence-electron chi connectivity index (χ2n) is 10.2. The zero-order chi connectivity index (χ0) is 27.3. The molecule has 1 aliphatic heterocycles. The van der Waals surface area contributed by atoms with Gasteiger partial charge in [0.15, 0.2) is 5.79 Å². The first-order chi connectivity index (χ1) is 18.7. The second kappa shape index (κ2) is 9.44. The van der Waals surface area contributed by atoms with Gasteiger partial charge in [-0.1, -0.05) is 30.3 Å². The van der Waals surface area contributed by atoms with Gasteiger partial charge >= 0.3 is 5.69 Å². The number of aryl methyl sites for hydroxylation is 1. The van der Waals surface area contributed by atoms with Crippen molar-refractivity contribution in [2.24, 2.45) is 0 Å². The molecule has 39 heavy (non-hydrogen) atoms. The molecule has 0 bridgehead atoms. The van der Waals surface area contributed by atoms with Gasteiger partial charge in [0.1, 0.15) is 24.6 Å². The molecule has 6 rings (SSSR count). The van der Waals surface area contributed by atoms with Gasteiger partial charge in [0.2, 0.25) is 0 Å². The van der Waals surface area contributed by atoms with Gasteiger partial charge in [-0.15, -0.1) is 0 Å². The summed E-state index contributed by atoms with van der Waals surface area (Å²) in [5.41, 5.74) is 1.35. The lowest BCUT2D eigenvalue weighted by atomic mass is 10.1. The molecule has 0 amide bonds. The van der Waals surface area contributed by atoms with Crippen molar-refractivity contribution in [2.45, 2.75) is 44.8 Å². The van der Waals surface area contributed by atoms with Crippen LogP contribution in [0, 0.1) is 6.92 Å². The number of hydrogen-bond donors (Lipinski definition) is 0. The molecule has 1 saturated heterocycles. The molecule has 0 N–H and O–H groups in total. The number of aromatic nitrogens is 3. The number of ether oxygens (including phenoxy) is 3. The van der Waals surface area contributed by atoms with Gasteiger partial charge in [-0.2, -0.15) is 4.57 Å². The van der Waals surface area contributed by atoms with E-state index < -0.39 is 41.2 Å². The van der Waals surface area contributed by atoms with Crippen molar-refractivity contribution in [1.29, 1.82) is 0 Å². The molecule has 9 heteroatoms. The molecule has 1 aliphatic carbocycles. The summed E-state index contributed by atoms with van der Waals surface area (Å²) in [6.07, 6.45) is 2.24. The summed E-state index contributed by atoms with van der Waals surface area (Å²) in [5, 5.41) is 1.02. The molecule has 198 valence electrons. The van der Waals surface area contributed by atoms with Crippen LogP contribution < -0.4 is 16.0 Å².